The summed E-state index contributed by atoms with van der Waals surface area (Å²) in [6.45, 7) is 1.93. The van der Waals surface area contributed by atoms with Crippen molar-refractivity contribution in [1.82, 2.24) is 0 Å². The van der Waals surface area contributed by atoms with Crippen LogP contribution in [0.5, 0.6) is 0 Å². The van der Waals surface area contributed by atoms with Crippen molar-refractivity contribution in [2.24, 2.45) is 0 Å². The summed E-state index contributed by atoms with van der Waals surface area (Å²) in [4.78, 5) is 11.3. The van der Waals surface area contributed by atoms with Crippen LogP contribution < -0.4 is 0 Å². The van der Waals surface area contributed by atoms with Crippen molar-refractivity contribution in [3.05, 3.63) is 35.9 Å². The number of aliphatic hydroxyl groups excluding tert-OH is 1. The second-order valence-electron chi connectivity index (χ2n) is 3.03. The molecule has 0 fully saturated rings. The van der Waals surface area contributed by atoms with Gasteiger partial charge in [-0.1, -0.05) is 37.3 Å². The lowest BCUT2D eigenvalue weighted by atomic mass is 10.0. The Morgan fingerprint density at radius 2 is 2.00 bits per heavy atom. The first-order valence-corrected chi connectivity index (χ1v) is 4.51. The van der Waals surface area contributed by atoms with Crippen LogP contribution >= 0.6 is 0 Å². The monoisotopic (exact) mass is 178 g/mol. The van der Waals surface area contributed by atoms with E-state index in [1.165, 1.54) is 0 Å². The molecule has 2 heteroatoms. The minimum absolute atomic E-state index is 0.103. The molecular formula is C11H14O2. The van der Waals surface area contributed by atoms with Crippen LogP contribution in [0.4, 0.5) is 0 Å². The molecule has 2 nitrogen and oxygen atoms in total. The molecular weight excluding hydrogens is 164 g/mol. The van der Waals surface area contributed by atoms with Crippen molar-refractivity contribution in [2.45, 2.75) is 25.9 Å². The summed E-state index contributed by atoms with van der Waals surface area (Å²) in [7, 11) is 0. The highest BCUT2D eigenvalue weighted by Crippen LogP contribution is 2.15. The molecule has 0 spiro atoms. The first-order valence-electron chi connectivity index (χ1n) is 4.51. The predicted molar refractivity (Wildman–Crippen MR) is 51.3 cm³/mol. The number of hydrogen-bond acceptors (Lipinski definition) is 2. The van der Waals surface area contributed by atoms with E-state index in [-0.39, 0.29) is 5.78 Å². The fraction of sp³-hybridized carbons (Fsp3) is 0.364. The van der Waals surface area contributed by atoms with Gasteiger partial charge in [0.1, 0.15) is 6.10 Å². The van der Waals surface area contributed by atoms with Crippen LogP contribution in [0.2, 0.25) is 0 Å². The minimum atomic E-state index is -0.943. The molecule has 1 atom stereocenters. The van der Waals surface area contributed by atoms with E-state index in [1.807, 2.05) is 25.1 Å². The number of rotatable bonds is 4. The van der Waals surface area contributed by atoms with Crippen molar-refractivity contribution in [1.29, 1.82) is 0 Å². The summed E-state index contributed by atoms with van der Waals surface area (Å²) in [5.74, 6) is -0.103. The van der Waals surface area contributed by atoms with Gasteiger partial charge in [-0.2, -0.15) is 0 Å². The van der Waals surface area contributed by atoms with Gasteiger partial charge in [-0.15, -0.1) is 0 Å². The molecule has 0 bridgehead atoms. The fourth-order valence-electron chi connectivity index (χ4n) is 1.20. The zero-order valence-corrected chi connectivity index (χ0v) is 7.73. The van der Waals surface area contributed by atoms with E-state index >= 15 is 0 Å². The van der Waals surface area contributed by atoms with Gasteiger partial charge >= 0.3 is 0 Å². The van der Waals surface area contributed by atoms with E-state index in [4.69, 9.17) is 0 Å². The zero-order valence-electron chi connectivity index (χ0n) is 7.73. The lowest BCUT2D eigenvalue weighted by Crippen LogP contribution is -2.10. The molecule has 0 saturated carbocycles. The average Bonchev–Trinajstić information content (AvgIpc) is 2.18. The number of carbonyl (C=O) groups excluding carboxylic acids is 1. The highest BCUT2D eigenvalue weighted by molar-refractivity contribution is 5.83. The van der Waals surface area contributed by atoms with E-state index in [0.29, 0.717) is 12.0 Å². The third-order valence-corrected chi connectivity index (χ3v) is 1.92. The fourth-order valence-corrected chi connectivity index (χ4v) is 1.20. The van der Waals surface area contributed by atoms with Crippen LogP contribution in [-0.2, 0) is 4.79 Å². The van der Waals surface area contributed by atoms with Gasteiger partial charge in [0.2, 0.25) is 0 Å². The lowest BCUT2D eigenvalue weighted by molar-refractivity contribution is -0.127. The largest absolute Gasteiger partial charge is 0.381 e. The number of ketones is 1. The van der Waals surface area contributed by atoms with Crippen molar-refractivity contribution in [3.8, 4) is 0 Å². The Hall–Kier alpha value is -1.15. The summed E-state index contributed by atoms with van der Waals surface area (Å²) in [6.07, 6.45) is 0.278. The van der Waals surface area contributed by atoms with Crippen LogP contribution in [0, 0.1) is 0 Å². The molecule has 13 heavy (non-hydrogen) atoms. The Labute approximate surface area is 78.2 Å². The number of hydrogen-bond donors (Lipinski definition) is 1. The topological polar surface area (TPSA) is 37.3 Å². The minimum Gasteiger partial charge on any atom is -0.381 e. The van der Waals surface area contributed by atoms with Crippen molar-refractivity contribution in [3.63, 3.8) is 0 Å². The average molecular weight is 178 g/mol. The molecule has 0 aliphatic rings. The second-order valence-corrected chi connectivity index (χ2v) is 3.03. The molecule has 1 unspecified atom stereocenters. The third kappa shape index (κ3) is 2.67. The number of Topliss-reactive ketones (excluding diaryl/α,β-unsaturated/α-hetero) is 1. The molecule has 0 amide bonds. The molecule has 0 aliphatic carbocycles. The number of aliphatic hydroxyl groups is 1. The summed E-state index contributed by atoms with van der Waals surface area (Å²) < 4.78 is 0. The Bertz CT molecular complexity index is 267. The SMILES string of the molecule is CCCC(=O)C(O)c1ccccc1. The van der Waals surface area contributed by atoms with E-state index < -0.39 is 6.10 Å². The van der Waals surface area contributed by atoms with Crippen LogP contribution in [0.15, 0.2) is 30.3 Å². The van der Waals surface area contributed by atoms with Crippen LogP contribution in [0.3, 0.4) is 0 Å². The molecule has 70 valence electrons. The van der Waals surface area contributed by atoms with Gasteiger partial charge < -0.3 is 5.11 Å². The normalized spacial score (nSPS) is 12.5. The molecule has 1 aromatic rings. The predicted octanol–water partition coefficient (Wildman–Crippen LogP) is 2.09. The standard InChI is InChI=1S/C11H14O2/c1-2-6-10(12)11(13)9-7-4-3-5-8-9/h3-5,7-8,11,13H,2,6H2,1H3. The van der Waals surface area contributed by atoms with Crippen LogP contribution in [0.25, 0.3) is 0 Å². The van der Waals surface area contributed by atoms with Gasteiger partial charge in [-0.3, -0.25) is 4.79 Å². The summed E-state index contributed by atoms with van der Waals surface area (Å²) in [5, 5.41) is 9.57. The van der Waals surface area contributed by atoms with Gasteiger partial charge in [0.05, 0.1) is 0 Å². The summed E-state index contributed by atoms with van der Waals surface area (Å²) >= 11 is 0. The van der Waals surface area contributed by atoms with Crippen molar-refractivity contribution in [2.75, 3.05) is 0 Å². The molecule has 0 aromatic heterocycles. The molecule has 1 rings (SSSR count). The Morgan fingerprint density at radius 3 is 2.54 bits per heavy atom. The van der Waals surface area contributed by atoms with E-state index in [1.54, 1.807) is 12.1 Å². The molecule has 1 aromatic carbocycles. The maximum atomic E-state index is 11.3. The first-order chi connectivity index (χ1) is 6.25. The third-order valence-electron chi connectivity index (χ3n) is 1.92. The highest BCUT2D eigenvalue weighted by atomic mass is 16.3. The Morgan fingerprint density at radius 1 is 1.38 bits per heavy atom. The van der Waals surface area contributed by atoms with Crippen LogP contribution in [0.1, 0.15) is 31.4 Å². The quantitative estimate of drug-likeness (QED) is 0.766. The highest BCUT2D eigenvalue weighted by Gasteiger charge is 2.14. The molecule has 0 radical (unpaired) electrons. The molecule has 0 saturated heterocycles. The van der Waals surface area contributed by atoms with Gasteiger partial charge in [0, 0.05) is 6.42 Å². The maximum absolute atomic E-state index is 11.3. The molecule has 1 N–H and O–H groups in total. The maximum Gasteiger partial charge on any atom is 0.165 e. The van der Waals surface area contributed by atoms with E-state index in [9.17, 15) is 9.90 Å². The van der Waals surface area contributed by atoms with Gasteiger partial charge in [-0.25, -0.2) is 0 Å². The second kappa shape index (κ2) is 4.77. The van der Waals surface area contributed by atoms with Crippen molar-refractivity contribution >= 4 is 5.78 Å². The lowest BCUT2D eigenvalue weighted by Gasteiger charge is -2.08. The summed E-state index contributed by atoms with van der Waals surface area (Å²) in [5.41, 5.74) is 0.681. The first kappa shape index (κ1) is 9.93. The van der Waals surface area contributed by atoms with Gasteiger partial charge in [-0.05, 0) is 12.0 Å². The zero-order chi connectivity index (χ0) is 9.68. The Balaban J connectivity index is 2.68. The van der Waals surface area contributed by atoms with E-state index in [2.05, 4.69) is 0 Å². The number of benzene rings is 1. The molecule has 0 aliphatic heterocycles. The summed E-state index contributed by atoms with van der Waals surface area (Å²) in [6, 6.07) is 9.02. The molecule has 0 heterocycles. The van der Waals surface area contributed by atoms with E-state index in [0.717, 1.165) is 6.42 Å². The van der Waals surface area contributed by atoms with Crippen molar-refractivity contribution < 1.29 is 9.90 Å². The smallest absolute Gasteiger partial charge is 0.165 e. The van der Waals surface area contributed by atoms with Gasteiger partial charge in [0.15, 0.2) is 5.78 Å². The van der Waals surface area contributed by atoms with Gasteiger partial charge in [0.25, 0.3) is 0 Å². The number of carbonyl (C=O) groups is 1. The van der Waals surface area contributed by atoms with Crippen LogP contribution in [-0.4, -0.2) is 10.9 Å². The Kier molecular flexibility index (Phi) is 3.65.